The molecule has 23 heavy (non-hydrogen) atoms. The maximum Gasteiger partial charge on any atom is 0.416 e. The van der Waals surface area contributed by atoms with E-state index >= 15 is 0 Å². The zero-order valence-electron chi connectivity index (χ0n) is 12.1. The summed E-state index contributed by atoms with van der Waals surface area (Å²) < 4.78 is 43.3. The summed E-state index contributed by atoms with van der Waals surface area (Å²) in [4.78, 5) is 11.3. The molecule has 0 amide bonds. The predicted octanol–water partition coefficient (Wildman–Crippen LogP) is 4.36. The number of hydrogen-bond acceptors (Lipinski definition) is 3. The first-order valence-corrected chi connectivity index (χ1v) is 6.65. The van der Waals surface area contributed by atoms with Crippen LogP contribution in [0.15, 0.2) is 42.5 Å². The van der Waals surface area contributed by atoms with Gasteiger partial charge >= 0.3 is 6.18 Å². The van der Waals surface area contributed by atoms with Crippen molar-refractivity contribution in [1.82, 2.24) is 0 Å². The summed E-state index contributed by atoms with van der Waals surface area (Å²) in [6, 6.07) is 11.1. The number of halogens is 3. The Labute approximate surface area is 130 Å². The molecule has 0 radical (unpaired) electrons. The SMILES string of the molecule is CC(=O)c1ccc(OCc2cccc(C(F)(F)F)c2)cc1C#N. The summed E-state index contributed by atoms with van der Waals surface area (Å²) in [5.41, 5.74) is 0.0511. The summed E-state index contributed by atoms with van der Waals surface area (Å²) in [7, 11) is 0. The first-order valence-electron chi connectivity index (χ1n) is 6.65. The largest absolute Gasteiger partial charge is 0.489 e. The third-order valence-corrected chi connectivity index (χ3v) is 3.15. The predicted molar refractivity (Wildman–Crippen MR) is 76.9 cm³/mol. The topological polar surface area (TPSA) is 50.1 Å². The lowest BCUT2D eigenvalue weighted by molar-refractivity contribution is -0.137. The second-order valence-electron chi connectivity index (χ2n) is 4.86. The molecule has 0 bridgehead atoms. The van der Waals surface area contributed by atoms with Gasteiger partial charge in [0.2, 0.25) is 0 Å². The number of Topliss-reactive ketones (excluding diaryl/α,β-unsaturated/α-hetero) is 1. The Morgan fingerprint density at radius 3 is 2.57 bits per heavy atom. The number of nitriles is 1. The number of alkyl halides is 3. The summed E-state index contributed by atoms with van der Waals surface area (Å²) in [5.74, 6) is 0.0648. The average molecular weight is 319 g/mol. The van der Waals surface area contributed by atoms with Crippen LogP contribution >= 0.6 is 0 Å². The first kappa shape index (κ1) is 16.6. The summed E-state index contributed by atoms with van der Waals surface area (Å²) in [6.45, 7) is 1.27. The minimum atomic E-state index is -4.41. The fourth-order valence-electron chi connectivity index (χ4n) is 2.02. The fraction of sp³-hybridized carbons (Fsp3) is 0.176. The molecule has 0 aromatic heterocycles. The van der Waals surface area contributed by atoms with Crippen LogP contribution < -0.4 is 4.74 Å². The third kappa shape index (κ3) is 4.10. The minimum Gasteiger partial charge on any atom is -0.489 e. The Kier molecular flexibility index (Phi) is 4.70. The lowest BCUT2D eigenvalue weighted by Crippen LogP contribution is -2.06. The quantitative estimate of drug-likeness (QED) is 0.787. The Balaban J connectivity index is 2.16. The van der Waals surface area contributed by atoms with E-state index in [0.717, 1.165) is 12.1 Å². The average Bonchev–Trinajstić information content (AvgIpc) is 2.52. The van der Waals surface area contributed by atoms with Gasteiger partial charge in [-0.05, 0) is 42.8 Å². The molecule has 0 saturated carbocycles. The highest BCUT2D eigenvalue weighted by atomic mass is 19.4. The fourth-order valence-corrected chi connectivity index (χ4v) is 2.02. The summed E-state index contributed by atoms with van der Waals surface area (Å²) >= 11 is 0. The monoisotopic (exact) mass is 319 g/mol. The molecule has 0 spiro atoms. The van der Waals surface area contributed by atoms with Crippen molar-refractivity contribution in [3.05, 3.63) is 64.7 Å². The van der Waals surface area contributed by atoms with Gasteiger partial charge < -0.3 is 4.74 Å². The van der Waals surface area contributed by atoms with Gasteiger partial charge in [-0.2, -0.15) is 18.4 Å². The molecule has 118 valence electrons. The molecule has 3 nitrogen and oxygen atoms in total. The van der Waals surface area contributed by atoms with Gasteiger partial charge in [-0.25, -0.2) is 0 Å². The highest BCUT2D eigenvalue weighted by Crippen LogP contribution is 2.29. The Bertz CT molecular complexity index is 776. The summed E-state index contributed by atoms with van der Waals surface area (Å²) in [5, 5.41) is 9.02. The van der Waals surface area contributed by atoms with E-state index in [4.69, 9.17) is 10.00 Å². The molecular weight excluding hydrogens is 307 g/mol. The van der Waals surface area contributed by atoms with Crippen molar-refractivity contribution in [3.8, 4) is 11.8 Å². The molecule has 0 aliphatic heterocycles. The van der Waals surface area contributed by atoms with Crippen molar-refractivity contribution >= 4 is 5.78 Å². The standard InChI is InChI=1S/C17H12F3NO2/c1-11(22)16-6-5-15(8-13(16)9-21)23-10-12-3-2-4-14(7-12)17(18,19)20/h2-8H,10H2,1H3. The van der Waals surface area contributed by atoms with Gasteiger partial charge in [-0.1, -0.05) is 12.1 Å². The molecule has 0 atom stereocenters. The van der Waals surface area contributed by atoms with E-state index < -0.39 is 11.7 Å². The van der Waals surface area contributed by atoms with Crippen LogP contribution in [-0.2, 0) is 12.8 Å². The molecule has 0 N–H and O–H groups in total. The van der Waals surface area contributed by atoms with E-state index in [2.05, 4.69) is 0 Å². The maximum absolute atomic E-state index is 12.6. The molecule has 2 aromatic carbocycles. The Hall–Kier alpha value is -2.81. The van der Waals surface area contributed by atoms with Crippen molar-refractivity contribution < 1.29 is 22.7 Å². The minimum absolute atomic E-state index is 0.0752. The molecule has 0 fully saturated rings. The number of carbonyl (C=O) groups is 1. The van der Waals surface area contributed by atoms with Crippen molar-refractivity contribution in [3.63, 3.8) is 0 Å². The van der Waals surface area contributed by atoms with Gasteiger partial charge in [0, 0.05) is 5.56 Å². The zero-order valence-corrected chi connectivity index (χ0v) is 12.1. The number of hydrogen-bond donors (Lipinski definition) is 0. The van der Waals surface area contributed by atoms with Crippen LogP contribution in [0.1, 0.15) is 34.0 Å². The maximum atomic E-state index is 12.6. The highest BCUT2D eigenvalue weighted by molar-refractivity contribution is 5.96. The van der Waals surface area contributed by atoms with Crippen LogP contribution in [0.5, 0.6) is 5.75 Å². The summed E-state index contributed by atoms with van der Waals surface area (Å²) in [6.07, 6.45) is -4.41. The van der Waals surface area contributed by atoms with E-state index in [0.29, 0.717) is 11.3 Å². The van der Waals surface area contributed by atoms with Gasteiger partial charge in [-0.3, -0.25) is 4.79 Å². The lowest BCUT2D eigenvalue weighted by atomic mass is 10.1. The smallest absolute Gasteiger partial charge is 0.416 e. The van der Waals surface area contributed by atoms with E-state index in [1.165, 1.54) is 37.3 Å². The van der Waals surface area contributed by atoms with Crippen molar-refractivity contribution in [2.45, 2.75) is 19.7 Å². The number of nitrogens with zero attached hydrogens (tertiary/aromatic N) is 1. The van der Waals surface area contributed by atoms with Gasteiger partial charge in [0.1, 0.15) is 18.4 Å². The van der Waals surface area contributed by atoms with Crippen LogP contribution in [-0.4, -0.2) is 5.78 Å². The second-order valence-corrected chi connectivity index (χ2v) is 4.86. The number of benzene rings is 2. The van der Waals surface area contributed by atoms with Crippen molar-refractivity contribution in [2.24, 2.45) is 0 Å². The third-order valence-electron chi connectivity index (χ3n) is 3.15. The van der Waals surface area contributed by atoms with E-state index in [9.17, 15) is 18.0 Å². The Morgan fingerprint density at radius 2 is 1.96 bits per heavy atom. The number of carbonyl (C=O) groups excluding carboxylic acids is 1. The molecule has 0 saturated heterocycles. The molecule has 0 unspecified atom stereocenters. The first-order chi connectivity index (χ1) is 10.8. The van der Waals surface area contributed by atoms with E-state index in [1.807, 2.05) is 6.07 Å². The van der Waals surface area contributed by atoms with Crippen molar-refractivity contribution in [2.75, 3.05) is 0 Å². The second kappa shape index (κ2) is 6.53. The van der Waals surface area contributed by atoms with E-state index in [1.54, 1.807) is 0 Å². The normalized spacial score (nSPS) is 10.9. The number of ether oxygens (including phenoxy) is 1. The van der Waals surface area contributed by atoms with Crippen LogP contribution in [0, 0.1) is 11.3 Å². The van der Waals surface area contributed by atoms with Crippen molar-refractivity contribution in [1.29, 1.82) is 5.26 Å². The van der Waals surface area contributed by atoms with Gasteiger partial charge in [-0.15, -0.1) is 0 Å². The molecule has 2 aromatic rings. The number of rotatable bonds is 4. The molecule has 6 heteroatoms. The van der Waals surface area contributed by atoms with Gasteiger partial charge in [0.15, 0.2) is 5.78 Å². The number of ketones is 1. The van der Waals surface area contributed by atoms with E-state index in [-0.39, 0.29) is 23.5 Å². The highest BCUT2D eigenvalue weighted by Gasteiger charge is 2.30. The molecule has 0 aliphatic carbocycles. The molecular formula is C17H12F3NO2. The van der Waals surface area contributed by atoms with Crippen LogP contribution in [0.25, 0.3) is 0 Å². The zero-order chi connectivity index (χ0) is 17.0. The molecule has 0 heterocycles. The van der Waals surface area contributed by atoms with Gasteiger partial charge in [0.05, 0.1) is 11.1 Å². The van der Waals surface area contributed by atoms with Crippen LogP contribution in [0.4, 0.5) is 13.2 Å². The Morgan fingerprint density at radius 1 is 1.22 bits per heavy atom. The van der Waals surface area contributed by atoms with Gasteiger partial charge in [0.25, 0.3) is 0 Å². The molecule has 2 rings (SSSR count). The lowest BCUT2D eigenvalue weighted by Gasteiger charge is -2.10. The van der Waals surface area contributed by atoms with Crippen LogP contribution in [0.3, 0.4) is 0 Å². The van der Waals surface area contributed by atoms with Crippen LogP contribution in [0.2, 0.25) is 0 Å². The molecule has 0 aliphatic rings.